The Morgan fingerprint density at radius 2 is 2.33 bits per heavy atom. The molecule has 0 saturated heterocycles. The smallest absolute Gasteiger partial charge is 0.0701 e. The molecule has 1 aromatic heterocycles. The van der Waals surface area contributed by atoms with Gasteiger partial charge in [-0.1, -0.05) is 0 Å². The van der Waals surface area contributed by atoms with Gasteiger partial charge in [-0.25, -0.2) is 0 Å². The zero-order valence-electron chi connectivity index (χ0n) is 8.45. The van der Waals surface area contributed by atoms with Gasteiger partial charge in [0.1, 0.15) is 0 Å². The van der Waals surface area contributed by atoms with Crippen LogP contribution >= 0.6 is 27.3 Å². The number of halogens is 1. The lowest BCUT2D eigenvalue weighted by Gasteiger charge is -2.19. The van der Waals surface area contributed by atoms with Crippen molar-refractivity contribution in [2.75, 3.05) is 6.54 Å². The minimum absolute atomic E-state index is 0.642. The molecule has 0 amide bonds. The second-order valence-corrected chi connectivity index (χ2v) is 6.36. The van der Waals surface area contributed by atoms with E-state index in [2.05, 4.69) is 39.0 Å². The van der Waals surface area contributed by atoms with Gasteiger partial charge < -0.3 is 0 Å². The maximum absolute atomic E-state index is 8.61. The Balaban J connectivity index is 1.91. The van der Waals surface area contributed by atoms with Crippen molar-refractivity contribution in [2.24, 2.45) is 0 Å². The van der Waals surface area contributed by atoms with Crippen LogP contribution in [0, 0.1) is 11.3 Å². The molecule has 0 radical (unpaired) electrons. The van der Waals surface area contributed by atoms with Gasteiger partial charge in [-0.15, -0.1) is 11.3 Å². The van der Waals surface area contributed by atoms with Crippen molar-refractivity contribution < 1.29 is 0 Å². The molecule has 1 saturated carbocycles. The molecular weight excluding hydrogens is 272 g/mol. The van der Waals surface area contributed by atoms with Gasteiger partial charge in [0.2, 0.25) is 0 Å². The van der Waals surface area contributed by atoms with E-state index < -0.39 is 0 Å². The van der Waals surface area contributed by atoms with Crippen LogP contribution in [-0.4, -0.2) is 17.5 Å². The average molecular weight is 285 g/mol. The monoisotopic (exact) mass is 284 g/mol. The number of nitriles is 1. The maximum Gasteiger partial charge on any atom is 0.0701 e. The molecule has 1 aliphatic rings. The molecule has 0 aliphatic heterocycles. The van der Waals surface area contributed by atoms with Crippen molar-refractivity contribution in [1.82, 2.24) is 4.90 Å². The van der Waals surface area contributed by atoms with Gasteiger partial charge in [-0.3, -0.25) is 4.90 Å². The van der Waals surface area contributed by atoms with Gasteiger partial charge in [-0.2, -0.15) is 5.26 Å². The first-order chi connectivity index (χ1) is 7.29. The number of nitrogens with zero attached hydrogens (tertiary/aromatic N) is 2. The molecule has 0 unspecified atom stereocenters. The topological polar surface area (TPSA) is 27.0 Å². The van der Waals surface area contributed by atoms with E-state index in [0.717, 1.165) is 19.1 Å². The van der Waals surface area contributed by atoms with Crippen molar-refractivity contribution in [1.29, 1.82) is 5.26 Å². The number of thiophene rings is 1. The molecule has 1 heterocycles. The Morgan fingerprint density at radius 3 is 2.87 bits per heavy atom. The molecule has 0 aromatic carbocycles. The predicted molar refractivity (Wildman–Crippen MR) is 65.7 cm³/mol. The largest absolute Gasteiger partial charge is 0.294 e. The third-order valence-electron chi connectivity index (χ3n) is 2.56. The fraction of sp³-hybridized carbons (Fsp3) is 0.545. The van der Waals surface area contributed by atoms with E-state index >= 15 is 0 Å². The van der Waals surface area contributed by atoms with Crippen LogP contribution in [0.15, 0.2) is 15.9 Å². The lowest BCUT2D eigenvalue weighted by Crippen LogP contribution is -2.26. The van der Waals surface area contributed by atoms with E-state index in [1.165, 1.54) is 21.5 Å². The molecule has 0 bridgehead atoms. The number of hydrogen-bond acceptors (Lipinski definition) is 3. The van der Waals surface area contributed by atoms with Crippen molar-refractivity contribution in [2.45, 2.75) is 31.8 Å². The first-order valence-corrected chi connectivity index (χ1v) is 6.76. The summed E-state index contributed by atoms with van der Waals surface area (Å²) in [7, 11) is 0. The van der Waals surface area contributed by atoms with Gasteiger partial charge in [0.15, 0.2) is 0 Å². The molecular formula is C11H13BrN2S. The van der Waals surface area contributed by atoms with Gasteiger partial charge in [0.25, 0.3) is 0 Å². The Morgan fingerprint density at radius 1 is 1.53 bits per heavy atom. The molecule has 2 nitrogen and oxygen atoms in total. The molecule has 1 aliphatic carbocycles. The molecule has 80 valence electrons. The normalized spacial score (nSPS) is 15.5. The van der Waals surface area contributed by atoms with E-state index in [9.17, 15) is 0 Å². The Hall–Kier alpha value is -0.370. The summed E-state index contributed by atoms with van der Waals surface area (Å²) < 4.78 is 1.19. The predicted octanol–water partition coefficient (Wildman–Crippen LogP) is 3.39. The first-order valence-electron chi connectivity index (χ1n) is 5.15. The second-order valence-electron chi connectivity index (χ2n) is 3.82. The molecule has 4 heteroatoms. The summed E-state index contributed by atoms with van der Waals surface area (Å²) in [6.07, 6.45) is 3.25. The Bertz CT molecular complexity index is 365. The fourth-order valence-corrected chi connectivity index (χ4v) is 3.17. The lowest BCUT2D eigenvalue weighted by atomic mass is 10.3. The third kappa shape index (κ3) is 3.30. The van der Waals surface area contributed by atoms with Gasteiger partial charge in [0.05, 0.1) is 9.86 Å². The molecule has 0 atom stereocenters. The fourth-order valence-electron chi connectivity index (χ4n) is 1.66. The highest BCUT2D eigenvalue weighted by molar-refractivity contribution is 9.11. The highest BCUT2D eigenvalue weighted by atomic mass is 79.9. The molecule has 1 fully saturated rings. The lowest BCUT2D eigenvalue weighted by molar-refractivity contribution is 0.263. The summed E-state index contributed by atoms with van der Waals surface area (Å²) >= 11 is 5.26. The van der Waals surface area contributed by atoms with E-state index in [1.54, 1.807) is 11.3 Å². The molecule has 2 rings (SSSR count). The summed E-state index contributed by atoms with van der Waals surface area (Å²) in [5.41, 5.74) is 0. The molecule has 1 aromatic rings. The minimum atomic E-state index is 0.642. The van der Waals surface area contributed by atoms with Crippen molar-refractivity contribution in [3.05, 3.63) is 20.8 Å². The molecule has 15 heavy (non-hydrogen) atoms. The maximum atomic E-state index is 8.61. The van der Waals surface area contributed by atoms with Gasteiger partial charge in [0, 0.05) is 30.4 Å². The zero-order valence-corrected chi connectivity index (χ0v) is 10.9. The van der Waals surface area contributed by atoms with Crippen LogP contribution in [0.3, 0.4) is 0 Å². The summed E-state index contributed by atoms with van der Waals surface area (Å²) in [5.74, 6) is 0. The highest BCUT2D eigenvalue weighted by Gasteiger charge is 2.28. The van der Waals surface area contributed by atoms with Crippen LogP contribution < -0.4 is 0 Å². The van der Waals surface area contributed by atoms with Gasteiger partial charge in [-0.05, 0) is 40.9 Å². The summed E-state index contributed by atoms with van der Waals surface area (Å²) in [4.78, 5) is 3.81. The SMILES string of the molecule is N#CCCN(Cc1ccc(Br)s1)C1CC1. The highest BCUT2D eigenvalue weighted by Crippen LogP contribution is 2.30. The van der Waals surface area contributed by atoms with Crippen LogP contribution in [0.1, 0.15) is 24.1 Å². The van der Waals surface area contributed by atoms with Crippen LogP contribution in [-0.2, 0) is 6.54 Å². The number of rotatable bonds is 5. The summed E-state index contributed by atoms with van der Waals surface area (Å²) in [6.45, 7) is 1.92. The third-order valence-corrected chi connectivity index (χ3v) is 4.17. The van der Waals surface area contributed by atoms with E-state index in [4.69, 9.17) is 5.26 Å². The van der Waals surface area contributed by atoms with Crippen LogP contribution in [0.5, 0.6) is 0 Å². The van der Waals surface area contributed by atoms with Crippen molar-refractivity contribution >= 4 is 27.3 Å². The van der Waals surface area contributed by atoms with Crippen molar-refractivity contribution in [3.63, 3.8) is 0 Å². The zero-order chi connectivity index (χ0) is 10.7. The van der Waals surface area contributed by atoms with Crippen molar-refractivity contribution in [3.8, 4) is 6.07 Å². The van der Waals surface area contributed by atoms with Crippen LogP contribution in [0.2, 0.25) is 0 Å². The van der Waals surface area contributed by atoms with E-state index in [1.807, 2.05) is 0 Å². The molecule has 0 N–H and O–H groups in total. The quantitative estimate of drug-likeness (QED) is 0.829. The van der Waals surface area contributed by atoms with Crippen LogP contribution in [0.25, 0.3) is 0 Å². The van der Waals surface area contributed by atoms with E-state index in [0.29, 0.717) is 6.42 Å². The summed E-state index contributed by atoms with van der Waals surface area (Å²) in [6, 6.07) is 7.22. The Labute approximate surface area is 103 Å². The standard InChI is InChI=1S/C11H13BrN2S/c12-11-5-4-10(15-11)8-14(7-1-6-13)9-2-3-9/h4-5,9H,1-3,7-8H2. The van der Waals surface area contributed by atoms with Crippen LogP contribution in [0.4, 0.5) is 0 Å². The molecule has 0 spiro atoms. The summed E-state index contributed by atoms with van der Waals surface area (Å²) in [5, 5.41) is 8.61. The number of hydrogen-bond donors (Lipinski definition) is 0. The van der Waals surface area contributed by atoms with E-state index in [-0.39, 0.29) is 0 Å². The Kier molecular flexibility index (Phi) is 3.79. The second kappa shape index (κ2) is 5.11. The first kappa shape index (κ1) is 11.1. The average Bonchev–Trinajstić information content (AvgIpc) is 2.98. The minimum Gasteiger partial charge on any atom is -0.294 e. The van der Waals surface area contributed by atoms with Gasteiger partial charge >= 0.3 is 0 Å².